The molecule has 3 N–H and O–H groups in total. The number of hydrogen-bond donors (Lipinski definition) is 2. The minimum absolute atomic E-state index is 0.189. The number of fused-ring (bicyclic) bond motifs is 1. The van der Waals surface area contributed by atoms with E-state index >= 15 is 0 Å². The van der Waals surface area contributed by atoms with E-state index < -0.39 is 0 Å². The quantitative estimate of drug-likeness (QED) is 0.655. The van der Waals surface area contributed by atoms with Crippen molar-refractivity contribution in [2.75, 3.05) is 5.73 Å². The lowest BCUT2D eigenvalue weighted by atomic mass is 9.87. The van der Waals surface area contributed by atoms with Gasteiger partial charge >= 0.3 is 0 Å². The van der Waals surface area contributed by atoms with Crippen LogP contribution in [0.1, 0.15) is 26.3 Å². The third kappa shape index (κ3) is 1.48. The van der Waals surface area contributed by atoms with Crippen LogP contribution in [0.15, 0.2) is 24.3 Å². The van der Waals surface area contributed by atoms with Gasteiger partial charge in [-0.15, -0.1) is 0 Å². The lowest BCUT2D eigenvalue weighted by Crippen LogP contribution is -2.10. The Labute approximate surface area is 84.1 Å². The van der Waals surface area contributed by atoms with Gasteiger partial charge in [-0.1, -0.05) is 32.9 Å². The lowest BCUT2D eigenvalue weighted by Gasteiger charge is -2.18. The normalized spacial score (nSPS) is 12.2. The largest absolute Gasteiger partial charge is 0.385 e. The molecule has 1 aromatic carbocycles. The predicted molar refractivity (Wildman–Crippen MR) is 61.4 cm³/mol. The van der Waals surface area contributed by atoms with Crippen molar-refractivity contribution in [3.05, 3.63) is 29.8 Å². The molecule has 2 nitrogen and oxygen atoms in total. The molecule has 0 amide bonds. The Kier molecular flexibility index (Phi) is 1.81. The van der Waals surface area contributed by atoms with Crippen LogP contribution < -0.4 is 5.73 Å². The van der Waals surface area contributed by atoms with E-state index in [1.807, 2.05) is 6.07 Å². The summed E-state index contributed by atoms with van der Waals surface area (Å²) in [5, 5.41) is 1.18. The Morgan fingerprint density at radius 3 is 2.50 bits per heavy atom. The number of nitrogens with one attached hydrogen (secondary N) is 1. The van der Waals surface area contributed by atoms with Crippen LogP contribution in [-0.4, -0.2) is 4.98 Å². The van der Waals surface area contributed by atoms with E-state index in [1.54, 1.807) is 0 Å². The molecule has 14 heavy (non-hydrogen) atoms. The number of nitrogen functional groups attached to an aromatic ring is 1. The summed E-state index contributed by atoms with van der Waals surface area (Å²) in [6.07, 6.45) is 0. The van der Waals surface area contributed by atoms with E-state index in [2.05, 4.69) is 44.0 Å². The molecule has 2 aromatic rings. The molecule has 0 spiro atoms. The Morgan fingerprint density at radius 2 is 1.86 bits per heavy atom. The molecule has 1 aromatic heterocycles. The molecule has 1 heterocycles. The highest BCUT2D eigenvalue weighted by atomic mass is 14.8. The third-order valence-corrected chi connectivity index (χ3v) is 2.51. The molecule has 0 radical (unpaired) electrons. The summed E-state index contributed by atoms with van der Waals surface area (Å²) in [6, 6.07) is 8.41. The van der Waals surface area contributed by atoms with Gasteiger partial charge in [0.25, 0.3) is 0 Å². The summed E-state index contributed by atoms with van der Waals surface area (Å²) in [5.41, 5.74) is 8.33. The van der Waals surface area contributed by atoms with Gasteiger partial charge in [-0.25, -0.2) is 0 Å². The first-order valence-corrected chi connectivity index (χ1v) is 4.85. The highest BCUT2D eigenvalue weighted by Gasteiger charge is 2.13. The van der Waals surface area contributed by atoms with E-state index in [1.165, 1.54) is 10.9 Å². The third-order valence-electron chi connectivity index (χ3n) is 2.51. The van der Waals surface area contributed by atoms with Crippen molar-refractivity contribution in [3.63, 3.8) is 0 Å². The van der Waals surface area contributed by atoms with Crippen molar-refractivity contribution in [1.82, 2.24) is 4.98 Å². The molecule has 0 aliphatic carbocycles. The fourth-order valence-corrected chi connectivity index (χ4v) is 1.62. The maximum atomic E-state index is 5.69. The molecule has 0 saturated heterocycles. The average Bonchev–Trinajstić information content (AvgIpc) is 2.41. The maximum absolute atomic E-state index is 5.69. The molecular formula is C12H16N2. The number of aromatic amines is 1. The lowest BCUT2D eigenvalue weighted by molar-refractivity contribution is 0.591. The zero-order valence-electron chi connectivity index (χ0n) is 8.89. The Morgan fingerprint density at radius 1 is 1.14 bits per heavy atom. The molecule has 0 bridgehead atoms. The summed E-state index contributed by atoms with van der Waals surface area (Å²) >= 11 is 0. The molecule has 0 fully saturated rings. The molecular weight excluding hydrogens is 172 g/mol. The van der Waals surface area contributed by atoms with Crippen molar-refractivity contribution < 1.29 is 0 Å². The van der Waals surface area contributed by atoms with Gasteiger partial charge < -0.3 is 10.7 Å². The topological polar surface area (TPSA) is 41.8 Å². The first kappa shape index (κ1) is 9.13. The van der Waals surface area contributed by atoms with Gasteiger partial charge in [0, 0.05) is 10.9 Å². The maximum Gasteiger partial charge on any atom is 0.101 e. The summed E-state index contributed by atoms with van der Waals surface area (Å²) in [6.45, 7) is 6.63. The van der Waals surface area contributed by atoms with Gasteiger partial charge in [-0.2, -0.15) is 0 Å². The molecule has 2 rings (SSSR count). The minimum Gasteiger partial charge on any atom is -0.385 e. The van der Waals surface area contributed by atoms with Crippen molar-refractivity contribution in [2.24, 2.45) is 0 Å². The molecule has 0 unspecified atom stereocenters. The molecule has 2 heteroatoms. The fourth-order valence-electron chi connectivity index (χ4n) is 1.62. The van der Waals surface area contributed by atoms with Crippen LogP contribution in [0.2, 0.25) is 0 Å². The monoisotopic (exact) mass is 188 g/mol. The van der Waals surface area contributed by atoms with E-state index in [9.17, 15) is 0 Å². The van der Waals surface area contributed by atoms with Gasteiger partial charge in [-0.3, -0.25) is 0 Å². The summed E-state index contributed by atoms with van der Waals surface area (Å²) in [5.74, 6) is 0.728. The minimum atomic E-state index is 0.189. The number of nitrogens with two attached hydrogens (primary N) is 1. The predicted octanol–water partition coefficient (Wildman–Crippen LogP) is 3.05. The van der Waals surface area contributed by atoms with Crippen LogP contribution in [0.3, 0.4) is 0 Å². The second kappa shape index (κ2) is 2.77. The van der Waals surface area contributed by atoms with Crippen molar-refractivity contribution in [3.8, 4) is 0 Å². The number of benzene rings is 1. The van der Waals surface area contributed by atoms with Crippen LogP contribution in [0.25, 0.3) is 10.9 Å². The SMILES string of the molecule is CC(C)(C)c1ccc2cc(N)[nH]c2c1. The average molecular weight is 188 g/mol. The van der Waals surface area contributed by atoms with Crippen molar-refractivity contribution in [2.45, 2.75) is 26.2 Å². The van der Waals surface area contributed by atoms with Crippen LogP contribution in [0.4, 0.5) is 5.82 Å². The van der Waals surface area contributed by atoms with E-state index in [-0.39, 0.29) is 5.41 Å². The second-order valence-electron chi connectivity index (χ2n) is 4.78. The van der Waals surface area contributed by atoms with E-state index in [4.69, 9.17) is 5.73 Å². The molecule has 0 aliphatic heterocycles. The first-order chi connectivity index (χ1) is 6.47. The summed E-state index contributed by atoms with van der Waals surface area (Å²) in [4.78, 5) is 3.15. The number of aromatic nitrogens is 1. The van der Waals surface area contributed by atoms with E-state index in [0.29, 0.717) is 0 Å². The number of rotatable bonds is 0. The molecule has 0 saturated carbocycles. The van der Waals surface area contributed by atoms with Crippen molar-refractivity contribution >= 4 is 16.7 Å². The standard InChI is InChI=1S/C12H16N2/c1-12(2,3)9-5-4-8-6-11(13)14-10(8)7-9/h4-7,14H,13H2,1-3H3. The zero-order valence-corrected chi connectivity index (χ0v) is 8.89. The Balaban J connectivity index is 2.62. The van der Waals surface area contributed by atoms with Gasteiger partial charge in [0.2, 0.25) is 0 Å². The fraction of sp³-hybridized carbons (Fsp3) is 0.333. The van der Waals surface area contributed by atoms with Crippen LogP contribution in [-0.2, 0) is 5.41 Å². The summed E-state index contributed by atoms with van der Waals surface area (Å²) in [7, 11) is 0. The molecule has 74 valence electrons. The smallest absolute Gasteiger partial charge is 0.101 e. The van der Waals surface area contributed by atoms with Gasteiger partial charge in [0.05, 0.1) is 0 Å². The summed E-state index contributed by atoms with van der Waals surface area (Å²) < 4.78 is 0. The van der Waals surface area contributed by atoms with Crippen LogP contribution in [0, 0.1) is 0 Å². The second-order valence-corrected chi connectivity index (χ2v) is 4.78. The zero-order chi connectivity index (χ0) is 10.3. The highest BCUT2D eigenvalue weighted by Crippen LogP contribution is 2.26. The number of hydrogen-bond acceptors (Lipinski definition) is 1. The number of anilines is 1. The van der Waals surface area contributed by atoms with Gasteiger partial charge in [0.15, 0.2) is 0 Å². The van der Waals surface area contributed by atoms with Gasteiger partial charge in [-0.05, 0) is 23.1 Å². The van der Waals surface area contributed by atoms with Crippen LogP contribution in [0.5, 0.6) is 0 Å². The van der Waals surface area contributed by atoms with Gasteiger partial charge in [0.1, 0.15) is 5.82 Å². The molecule has 0 aliphatic rings. The Bertz CT molecular complexity index is 461. The van der Waals surface area contributed by atoms with E-state index in [0.717, 1.165) is 11.3 Å². The highest BCUT2D eigenvalue weighted by molar-refractivity contribution is 5.84. The Hall–Kier alpha value is -1.44. The van der Waals surface area contributed by atoms with Crippen molar-refractivity contribution in [1.29, 1.82) is 0 Å². The first-order valence-electron chi connectivity index (χ1n) is 4.85. The molecule has 0 atom stereocenters. The number of H-pyrrole nitrogens is 1. The van der Waals surface area contributed by atoms with Crippen LogP contribution >= 0.6 is 0 Å².